The van der Waals surface area contributed by atoms with E-state index in [9.17, 15) is 13.6 Å². The summed E-state index contributed by atoms with van der Waals surface area (Å²) in [5.74, 6) is -3.98. The van der Waals surface area contributed by atoms with Crippen LogP contribution in [0.2, 0.25) is 0 Å². The maximum Gasteiger partial charge on any atom is 0.308 e. The first-order valence-electron chi connectivity index (χ1n) is 4.42. The number of hydrogen-bond donors (Lipinski definition) is 2. The van der Waals surface area contributed by atoms with E-state index in [1.807, 2.05) is 0 Å². The van der Waals surface area contributed by atoms with E-state index in [2.05, 4.69) is 0 Å². The van der Waals surface area contributed by atoms with Gasteiger partial charge in [-0.25, -0.2) is 8.78 Å². The second-order valence-corrected chi connectivity index (χ2v) is 3.19. The minimum Gasteiger partial charge on any atom is -0.481 e. The summed E-state index contributed by atoms with van der Waals surface area (Å²) in [6.07, 6.45) is -0.102. The Kier molecular flexibility index (Phi) is 5.92. The van der Waals surface area contributed by atoms with Crippen LogP contribution in [-0.2, 0) is 11.2 Å². The lowest BCUT2D eigenvalue weighted by molar-refractivity contribution is -0.141. The first kappa shape index (κ1) is 14.8. The van der Waals surface area contributed by atoms with E-state index in [0.717, 1.165) is 6.07 Å². The Hall–Kier alpha value is -1.20. The summed E-state index contributed by atoms with van der Waals surface area (Å²) in [6.45, 7) is -0.106. The minimum atomic E-state index is -1.11. The lowest BCUT2D eigenvalue weighted by Crippen LogP contribution is -2.25. The summed E-state index contributed by atoms with van der Waals surface area (Å²) in [5, 5.41) is 8.70. The predicted octanol–water partition coefficient (Wildman–Crippen LogP) is 1.59. The molecule has 0 spiro atoms. The second-order valence-electron chi connectivity index (χ2n) is 3.19. The summed E-state index contributed by atoms with van der Waals surface area (Å²) in [7, 11) is 0. The van der Waals surface area contributed by atoms with Crippen molar-refractivity contribution in [3.8, 4) is 0 Å². The highest BCUT2D eigenvalue weighted by molar-refractivity contribution is 5.85. The van der Waals surface area contributed by atoms with E-state index in [0.29, 0.717) is 0 Å². The molecule has 0 amide bonds. The van der Waals surface area contributed by atoms with E-state index in [4.69, 9.17) is 10.8 Å². The van der Waals surface area contributed by atoms with Crippen molar-refractivity contribution >= 4 is 18.4 Å². The molecule has 6 heteroatoms. The standard InChI is InChI=1S/C10H11F2NO2.ClH/c11-8-3-1-2-6(9(8)12)4-7(5-13)10(14)15;/h1-3,7H,4-5,13H2,(H,14,15);1H/t7-;/m0./s1. The van der Waals surface area contributed by atoms with E-state index in [1.54, 1.807) is 0 Å². The minimum absolute atomic E-state index is 0. The third kappa shape index (κ3) is 3.43. The summed E-state index contributed by atoms with van der Waals surface area (Å²) in [4.78, 5) is 10.6. The Morgan fingerprint density at radius 1 is 1.44 bits per heavy atom. The van der Waals surface area contributed by atoms with Gasteiger partial charge in [0, 0.05) is 6.54 Å². The van der Waals surface area contributed by atoms with E-state index < -0.39 is 23.5 Å². The van der Waals surface area contributed by atoms with Crippen LogP contribution in [0.1, 0.15) is 5.56 Å². The summed E-state index contributed by atoms with van der Waals surface area (Å²) < 4.78 is 25.9. The van der Waals surface area contributed by atoms with Crippen molar-refractivity contribution in [1.82, 2.24) is 0 Å². The van der Waals surface area contributed by atoms with Crippen LogP contribution >= 0.6 is 12.4 Å². The van der Waals surface area contributed by atoms with Crippen LogP contribution in [0.25, 0.3) is 0 Å². The number of nitrogens with two attached hydrogens (primary N) is 1. The highest BCUT2D eigenvalue weighted by atomic mass is 35.5. The van der Waals surface area contributed by atoms with Crippen LogP contribution < -0.4 is 5.73 Å². The van der Waals surface area contributed by atoms with Crippen LogP contribution in [0, 0.1) is 17.6 Å². The Bertz CT molecular complexity index is 374. The molecule has 1 atom stereocenters. The molecule has 90 valence electrons. The number of hydrogen-bond acceptors (Lipinski definition) is 2. The van der Waals surface area contributed by atoms with Crippen molar-refractivity contribution in [3.05, 3.63) is 35.4 Å². The first-order chi connectivity index (χ1) is 7.06. The summed E-state index contributed by atoms with van der Waals surface area (Å²) >= 11 is 0. The van der Waals surface area contributed by atoms with Gasteiger partial charge in [0.15, 0.2) is 11.6 Å². The van der Waals surface area contributed by atoms with E-state index in [-0.39, 0.29) is 30.9 Å². The molecule has 3 N–H and O–H groups in total. The average Bonchev–Trinajstić information content (AvgIpc) is 2.19. The molecular weight excluding hydrogens is 240 g/mol. The van der Waals surface area contributed by atoms with Crippen LogP contribution in [0.4, 0.5) is 8.78 Å². The molecular formula is C10H12ClF2NO2. The molecule has 16 heavy (non-hydrogen) atoms. The van der Waals surface area contributed by atoms with Crippen LogP contribution in [0.15, 0.2) is 18.2 Å². The zero-order chi connectivity index (χ0) is 11.4. The zero-order valence-corrected chi connectivity index (χ0v) is 9.14. The molecule has 0 aromatic heterocycles. The highest BCUT2D eigenvalue weighted by Gasteiger charge is 2.18. The second kappa shape index (κ2) is 6.40. The van der Waals surface area contributed by atoms with Gasteiger partial charge in [0.2, 0.25) is 0 Å². The summed E-state index contributed by atoms with van der Waals surface area (Å²) in [5.41, 5.74) is 5.25. The van der Waals surface area contributed by atoms with E-state index >= 15 is 0 Å². The maximum absolute atomic E-state index is 13.2. The number of aliphatic carboxylic acids is 1. The smallest absolute Gasteiger partial charge is 0.308 e. The summed E-state index contributed by atoms with van der Waals surface area (Å²) in [6, 6.07) is 3.67. The van der Waals surface area contributed by atoms with Crippen molar-refractivity contribution in [3.63, 3.8) is 0 Å². The number of benzene rings is 1. The number of carboxylic acids is 1. The number of carboxylic acid groups (broad SMARTS) is 1. The monoisotopic (exact) mass is 251 g/mol. The Morgan fingerprint density at radius 3 is 2.56 bits per heavy atom. The van der Waals surface area contributed by atoms with Gasteiger partial charge in [0.25, 0.3) is 0 Å². The number of rotatable bonds is 4. The zero-order valence-electron chi connectivity index (χ0n) is 8.32. The SMILES string of the molecule is Cl.NC[C@H](Cc1cccc(F)c1F)C(=O)O. The molecule has 0 radical (unpaired) electrons. The number of halogens is 3. The third-order valence-corrected chi connectivity index (χ3v) is 2.13. The molecule has 0 aliphatic carbocycles. The van der Waals surface area contributed by atoms with Crippen molar-refractivity contribution in [1.29, 1.82) is 0 Å². The molecule has 0 bridgehead atoms. The van der Waals surface area contributed by atoms with Crippen molar-refractivity contribution < 1.29 is 18.7 Å². The third-order valence-electron chi connectivity index (χ3n) is 2.13. The van der Waals surface area contributed by atoms with Crippen LogP contribution in [0.5, 0.6) is 0 Å². The first-order valence-corrected chi connectivity index (χ1v) is 4.42. The molecule has 1 aromatic rings. The largest absolute Gasteiger partial charge is 0.481 e. The highest BCUT2D eigenvalue weighted by Crippen LogP contribution is 2.15. The van der Waals surface area contributed by atoms with Gasteiger partial charge in [-0.15, -0.1) is 12.4 Å². The van der Waals surface area contributed by atoms with Crippen molar-refractivity contribution in [2.75, 3.05) is 6.54 Å². The van der Waals surface area contributed by atoms with Crippen LogP contribution in [0.3, 0.4) is 0 Å². The molecule has 3 nitrogen and oxygen atoms in total. The van der Waals surface area contributed by atoms with Crippen LogP contribution in [-0.4, -0.2) is 17.6 Å². The average molecular weight is 252 g/mol. The van der Waals surface area contributed by atoms with Gasteiger partial charge in [0.05, 0.1) is 5.92 Å². The maximum atomic E-state index is 13.2. The van der Waals surface area contributed by atoms with Gasteiger partial charge in [-0.05, 0) is 18.1 Å². The molecule has 0 fully saturated rings. The van der Waals surface area contributed by atoms with Gasteiger partial charge in [-0.2, -0.15) is 0 Å². The fraction of sp³-hybridized carbons (Fsp3) is 0.300. The molecule has 0 saturated heterocycles. The molecule has 0 saturated carbocycles. The lowest BCUT2D eigenvalue weighted by Gasteiger charge is -2.10. The lowest BCUT2D eigenvalue weighted by atomic mass is 9.99. The van der Waals surface area contributed by atoms with Gasteiger partial charge < -0.3 is 10.8 Å². The fourth-order valence-electron chi connectivity index (χ4n) is 1.24. The number of carbonyl (C=O) groups is 1. The van der Waals surface area contributed by atoms with Gasteiger partial charge >= 0.3 is 5.97 Å². The fourth-order valence-corrected chi connectivity index (χ4v) is 1.24. The van der Waals surface area contributed by atoms with Gasteiger partial charge in [0.1, 0.15) is 0 Å². The normalized spacial score (nSPS) is 11.7. The van der Waals surface area contributed by atoms with E-state index in [1.165, 1.54) is 12.1 Å². The molecule has 1 rings (SSSR count). The molecule has 0 heterocycles. The quantitative estimate of drug-likeness (QED) is 0.854. The Morgan fingerprint density at radius 2 is 2.06 bits per heavy atom. The molecule has 0 aliphatic heterocycles. The Labute approximate surface area is 97.7 Å². The van der Waals surface area contributed by atoms with Crippen molar-refractivity contribution in [2.45, 2.75) is 6.42 Å². The molecule has 0 aliphatic rings. The predicted molar refractivity (Wildman–Crippen MR) is 57.5 cm³/mol. The van der Waals surface area contributed by atoms with Gasteiger partial charge in [-0.3, -0.25) is 4.79 Å². The Balaban J connectivity index is 0.00000225. The topological polar surface area (TPSA) is 63.3 Å². The molecule has 1 aromatic carbocycles. The van der Waals surface area contributed by atoms with Crippen molar-refractivity contribution in [2.24, 2.45) is 11.7 Å². The van der Waals surface area contributed by atoms with Gasteiger partial charge in [-0.1, -0.05) is 12.1 Å². The molecule has 0 unspecified atom stereocenters.